The van der Waals surface area contributed by atoms with Crippen molar-refractivity contribution in [3.8, 4) is 0 Å². The van der Waals surface area contributed by atoms with Gasteiger partial charge in [-0.3, -0.25) is 9.89 Å². The molecule has 1 aromatic carbocycles. The normalized spacial score (nSPS) is 10.2. The van der Waals surface area contributed by atoms with Crippen LogP contribution >= 0.6 is 0 Å². The summed E-state index contributed by atoms with van der Waals surface area (Å²) in [5.74, 6) is -0.409. The zero-order valence-electron chi connectivity index (χ0n) is 9.53. The summed E-state index contributed by atoms with van der Waals surface area (Å²) in [4.78, 5) is 11.0. The van der Waals surface area contributed by atoms with Gasteiger partial charge in [0.25, 0.3) is 0 Å². The molecule has 1 amide bonds. The smallest absolute Gasteiger partial charge is 0.248 e. The zero-order valence-corrected chi connectivity index (χ0v) is 9.53. The van der Waals surface area contributed by atoms with Crippen LogP contribution in [0.1, 0.15) is 21.6 Å². The van der Waals surface area contributed by atoms with Crippen LogP contribution < -0.4 is 11.1 Å². The van der Waals surface area contributed by atoms with Crippen LogP contribution in [-0.4, -0.2) is 16.1 Å². The van der Waals surface area contributed by atoms with E-state index in [1.165, 1.54) is 0 Å². The molecule has 0 bridgehead atoms. The number of aromatic nitrogens is 2. The molecule has 2 rings (SSSR count). The first-order valence-corrected chi connectivity index (χ1v) is 5.29. The third kappa shape index (κ3) is 2.63. The Morgan fingerprint density at radius 2 is 2.29 bits per heavy atom. The Balaban J connectivity index is 2.09. The van der Waals surface area contributed by atoms with Crippen molar-refractivity contribution in [2.45, 2.75) is 13.5 Å². The topological polar surface area (TPSA) is 83.8 Å². The summed E-state index contributed by atoms with van der Waals surface area (Å²) in [6.07, 6.45) is 1.71. The maximum absolute atomic E-state index is 11.0. The lowest BCUT2D eigenvalue weighted by Crippen LogP contribution is -2.11. The van der Waals surface area contributed by atoms with E-state index in [0.717, 1.165) is 16.9 Å². The van der Waals surface area contributed by atoms with Gasteiger partial charge in [-0.25, -0.2) is 0 Å². The summed E-state index contributed by atoms with van der Waals surface area (Å²) in [6.45, 7) is 2.60. The molecule has 5 heteroatoms. The number of carbonyl (C=O) groups excluding carboxylic acids is 1. The molecule has 1 heterocycles. The number of hydrogen-bond acceptors (Lipinski definition) is 3. The van der Waals surface area contributed by atoms with E-state index >= 15 is 0 Å². The Morgan fingerprint density at radius 1 is 1.47 bits per heavy atom. The number of carbonyl (C=O) groups is 1. The van der Waals surface area contributed by atoms with Crippen molar-refractivity contribution in [3.05, 3.63) is 47.3 Å². The van der Waals surface area contributed by atoms with Gasteiger partial charge in [0.05, 0.1) is 12.2 Å². The number of primary amides is 1. The molecule has 0 saturated heterocycles. The van der Waals surface area contributed by atoms with Gasteiger partial charge >= 0.3 is 0 Å². The largest absolute Gasteiger partial charge is 0.379 e. The predicted molar refractivity (Wildman–Crippen MR) is 65.6 cm³/mol. The van der Waals surface area contributed by atoms with E-state index in [2.05, 4.69) is 15.5 Å². The van der Waals surface area contributed by atoms with Gasteiger partial charge in [0, 0.05) is 17.4 Å². The minimum Gasteiger partial charge on any atom is -0.379 e. The fourth-order valence-corrected chi connectivity index (χ4v) is 1.59. The average Bonchev–Trinajstić information content (AvgIpc) is 2.80. The predicted octanol–water partition coefficient (Wildman–Crippen LogP) is 1.43. The lowest BCUT2D eigenvalue weighted by atomic mass is 10.1. The molecule has 2 aromatic rings. The lowest BCUT2D eigenvalue weighted by molar-refractivity contribution is 0.1000. The monoisotopic (exact) mass is 230 g/mol. The number of nitrogens with two attached hydrogens (primary N) is 1. The Hall–Kier alpha value is -2.30. The van der Waals surface area contributed by atoms with Crippen molar-refractivity contribution < 1.29 is 4.79 Å². The summed E-state index contributed by atoms with van der Waals surface area (Å²) < 4.78 is 0. The number of rotatable bonds is 4. The van der Waals surface area contributed by atoms with Crippen LogP contribution in [0.15, 0.2) is 30.5 Å². The van der Waals surface area contributed by atoms with Crippen LogP contribution in [0.5, 0.6) is 0 Å². The number of hydrogen-bond donors (Lipinski definition) is 3. The number of H-pyrrole nitrogens is 1. The molecule has 0 atom stereocenters. The van der Waals surface area contributed by atoms with Crippen molar-refractivity contribution in [1.29, 1.82) is 0 Å². The molecule has 17 heavy (non-hydrogen) atoms. The average molecular weight is 230 g/mol. The van der Waals surface area contributed by atoms with Crippen LogP contribution in [-0.2, 0) is 6.54 Å². The molecular formula is C12H14N4O. The number of anilines is 1. The molecule has 0 saturated carbocycles. The van der Waals surface area contributed by atoms with E-state index in [9.17, 15) is 4.79 Å². The van der Waals surface area contributed by atoms with Crippen LogP contribution in [0.4, 0.5) is 5.69 Å². The quantitative estimate of drug-likeness (QED) is 0.742. The number of nitrogens with zero attached hydrogens (tertiary/aromatic N) is 1. The van der Waals surface area contributed by atoms with Gasteiger partial charge in [-0.15, -0.1) is 0 Å². The SMILES string of the molecule is Cc1cc(C(N)=O)ccc1NCc1ccn[nH]1. The summed E-state index contributed by atoms with van der Waals surface area (Å²) in [5, 5.41) is 10.00. The van der Waals surface area contributed by atoms with Crippen molar-refractivity contribution in [2.24, 2.45) is 5.73 Å². The van der Waals surface area contributed by atoms with Gasteiger partial charge in [0.2, 0.25) is 5.91 Å². The van der Waals surface area contributed by atoms with Crippen LogP contribution in [0.3, 0.4) is 0 Å². The molecule has 0 spiro atoms. The third-order valence-corrected chi connectivity index (χ3v) is 2.54. The standard InChI is InChI=1S/C12H14N4O/c1-8-6-9(12(13)17)2-3-11(8)14-7-10-4-5-15-16-10/h2-6,14H,7H2,1H3,(H2,13,17)(H,15,16). The van der Waals surface area contributed by atoms with Crippen LogP contribution in [0.2, 0.25) is 0 Å². The highest BCUT2D eigenvalue weighted by Gasteiger charge is 2.04. The van der Waals surface area contributed by atoms with Gasteiger partial charge in [0.1, 0.15) is 0 Å². The van der Waals surface area contributed by atoms with Gasteiger partial charge in [0.15, 0.2) is 0 Å². The van der Waals surface area contributed by atoms with E-state index in [0.29, 0.717) is 12.1 Å². The molecule has 0 radical (unpaired) electrons. The number of nitrogens with one attached hydrogen (secondary N) is 2. The Kier molecular flexibility index (Phi) is 3.09. The maximum Gasteiger partial charge on any atom is 0.248 e. The number of aryl methyl sites for hydroxylation is 1. The fraction of sp³-hybridized carbons (Fsp3) is 0.167. The summed E-state index contributed by atoms with van der Waals surface area (Å²) in [7, 11) is 0. The molecular weight excluding hydrogens is 216 g/mol. The number of aromatic amines is 1. The molecule has 5 nitrogen and oxygen atoms in total. The molecule has 0 unspecified atom stereocenters. The van der Waals surface area contributed by atoms with E-state index in [-0.39, 0.29) is 0 Å². The molecule has 0 fully saturated rings. The molecule has 1 aromatic heterocycles. The minimum atomic E-state index is -0.409. The summed E-state index contributed by atoms with van der Waals surface area (Å²) in [5.41, 5.74) is 8.70. The Labute approximate surface area is 99.0 Å². The first-order chi connectivity index (χ1) is 8.16. The van der Waals surface area contributed by atoms with Crippen molar-refractivity contribution in [3.63, 3.8) is 0 Å². The van der Waals surface area contributed by atoms with E-state index < -0.39 is 5.91 Å². The second-order valence-corrected chi connectivity index (χ2v) is 3.83. The number of amides is 1. The van der Waals surface area contributed by atoms with Crippen molar-refractivity contribution in [1.82, 2.24) is 10.2 Å². The second-order valence-electron chi connectivity index (χ2n) is 3.83. The second kappa shape index (κ2) is 4.69. The zero-order chi connectivity index (χ0) is 12.3. The summed E-state index contributed by atoms with van der Waals surface area (Å²) >= 11 is 0. The fourth-order valence-electron chi connectivity index (χ4n) is 1.59. The van der Waals surface area contributed by atoms with Crippen LogP contribution in [0, 0.1) is 6.92 Å². The highest BCUT2D eigenvalue weighted by atomic mass is 16.1. The van der Waals surface area contributed by atoms with Crippen molar-refractivity contribution in [2.75, 3.05) is 5.32 Å². The highest BCUT2D eigenvalue weighted by Crippen LogP contribution is 2.16. The van der Waals surface area contributed by atoms with Crippen LogP contribution in [0.25, 0.3) is 0 Å². The van der Waals surface area contributed by atoms with E-state index in [1.807, 2.05) is 19.1 Å². The Morgan fingerprint density at radius 3 is 2.88 bits per heavy atom. The van der Waals surface area contributed by atoms with Gasteiger partial charge in [-0.2, -0.15) is 5.10 Å². The first kappa shape index (κ1) is 11.2. The molecule has 0 aliphatic heterocycles. The molecule has 0 aliphatic rings. The maximum atomic E-state index is 11.0. The lowest BCUT2D eigenvalue weighted by Gasteiger charge is -2.09. The first-order valence-electron chi connectivity index (χ1n) is 5.29. The highest BCUT2D eigenvalue weighted by molar-refractivity contribution is 5.93. The van der Waals surface area contributed by atoms with Gasteiger partial charge in [-0.1, -0.05) is 0 Å². The molecule has 88 valence electrons. The molecule has 0 aliphatic carbocycles. The van der Waals surface area contributed by atoms with Gasteiger partial charge in [-0.05, 0) is 36.8 Å². The Bertz CT molecular complexity index is 519. The summed E-state index contributed by atoms with van der Waals surface area (Å²) in [6, 6.07) is 7.24. The van der Waals surface area contributed by atoms with E-state index in [4.69, 9.17) is 5.73 Å². The minimum absolute atomic E-state index is 0.409. The number of benzene rings is 1. The van der Waals surface area contributed by atoms with E-state index in [1.54, 1.807) is 18.3 Å². The van der Waals surface area contributed by atoms with Gasteiger partial charge < -0.3 is 11.1 Å². The third-order valence-electron chi connectivity index (χ3n) is 2.54. The molecule has 4 N–H and O–H groups in total. The van der Waals surface area contributed by atoms with Crippen molar-refractivity contribution >= 4 is 11.6 Å².